The Kier molecular flexibility index (Phi) is 8.64. The number of benzene rings is 3. The third-order valence-electron chi connectivity index (χ3n) is 8.57. The number of fused-ring (bicyclic) bond motifs is 4. The topological polar surface area (TPSA) is 216 Å². The Morgan fingerprint density at radius 3 is 1.63 bits per heavy atom. The van der Waals surface area contributed by atoms with Gasteiger partial charge in [-0.05, 0) is 68.3 Å². The molecule has 2 aromatic heterocycles. The lowest BCUT2D eigenvalue weighted by Gasteiger charge is -2.19. The van der Waals surface area contributed by atoms with Crippen molar-refractivity contribution in [3.63, 3.8) is 0 Å². The van der Waals surface area contributed by atoms with E-state index in [1.165, 1.54) is 30.3 Å². The van der Waals surface area contributed by atoms with E-state index in [1.807, 2.05) is 0 Å². The summed E-state index contributed by atoms with van der Waals surface area (Å²) in [5.74, 6) is -1.92. The molecule has 1 aliphatic heterocycles. The maximum atomic E-state index is 13.9. The van der Waals surface area contributed by atoms with Crippen LogP contribution >= 0.6 is 0 Å². The van der Waals surface area contributed by atoms with Crippen molar-refractivity contribution in [1.29, 1.82) is 0 Å². The number of aromatic nitrogens is 2. The standard InChI is InChI=1S/C32H29N3O12S2/c1-2-33-24-9-7-18(48(41,42)43)14-20(24)31(39)22-17-27-23(16-26(22)33)32(40)21-15-19(49(44,45)46)8-10-25(21)34(27)13-5-3-4-6-30(38)47-35-28(36)11-12-29(35)37/h7-10,14-17H,2-6,11-13H2,1H3,(H,41,42,43)(H,44,45,46). The number of hydroxylamine groups is 2. The number of amides is 2. The number of rotatable bonds is 10. The molecule has 49 heavy (non-hydrogen) atoms. The van der Waals surface area contributed by atoms with Crippen molar-refractivity contribution < 1.29 is 45.2 Å². The van der Waals surface area contributed by atoms with Crippen LogP contribution in [0.1, 0.15) is 45.4 Å². The lowest BCUT2D eigenvalue weighted by molar-refractivity contribution is -0.197. The number of carbonyl (C=O) groups is 3. The van der Waals surface area contributed by atoms with E-state index in [4.69, 9.17) is 4.84 Å². The molecule has 0 aliphatic carbocycles. The van der Waals surface area contributed by atoms with Crippen LogP contribution in [0.2, 0.25) is 0 Å². The monoisotopic (exact) mass is 711 g/mol. The zero-order chi connectivity index (χ0) is 35.4. The summed E-state index contributed by atoms with van der Waals surface area (Å²) in [6.07, 6.45) is 1.07. The molecule has 256 valence electrons. The number of aryl methyl sites for hydroxylation is 2. The van der Waals surface area contributed by atoms with Gasteiger partial charge in [0.1, 0.15) is 0 Å². The van der Waals surface area contributed by atoms with Gasteiger partial charge in [0.2, 0.25) is 0 Å². The van der Waals surface area contributed by atoms with Crippen LogP contribution in [0.3, 0.4) is 0 Å². The van der Waals surface area contributed by atoms with Gasteiger partial charge in [-0.15, -0.1) is 5.06 Å². The van der Waals surface area contributed by atoms with Crippen LogP contribution in [0.15, 0.2) is 67.9 Å². The summed E-state index contributed by atoms with van der Waals surface area (Å²) in [4.78, 5) is 67.4. The van der Waals surface area contributed by atoms with Gasteiger partial charge in [-0.25, -0.2) is 4.79 Å². The van der Waals surface area contributed by atoms with Crippen LogP contribution in [-0.2, 0) is 52.5 Å². The summed E-state index contributed by atoms with van der Waals surface area (Å²) in [5.41, 5.74) is 0.240. The highest BCUT2D eigenvalue weighted by atomic mass is 32.2. The van der Waals surface area contributed by atoms with E-state index in [0.717, 1.165) is 18.2 Å². The van der Waals surface area contributed by atoms with Crippen molar-refractivity contribution in [3.05, 3.63) is 69.0 Å². The molecule has 0 unspecified atom stereocenters. The smallest absolute Gasteiger partial charge is 0.333 e. The zero-order valence-electron chi connectivity index (χ0n) is 25.9. The van der Waals surface area contributed by atoms with Crippen molar-refractivity contribution >= 4 is 81.6 Å². The van der Waals surface area contributed by atoms with Crippen LogP contribution in [0.25, 0.3) is 43.6 Å². The zero-order valence-corrected chi connectivity index (χ0v) is 27.5. The largest absolute Gasteiger partial charge is 0.341 e. The maximum absolute atomic E-state index is 13.9. The first-order chi connectivity index (χ1) is 23.1. The Hall–Kier alpha value is -4.97. The minimum absolute atomic E-state index is 0.00511. The highest BCUT2D eigenvalue weighted by molar-refractivity contribution is 7.86. The van der Waals surface area contributed by atoms with E-state index in [9.17, 15) is 49.9 Å². The van der Waals surface area contributed by atoms with E-state index in [0.29, 0.717) is 52.9 Å². The summed E-state index contributed by atoms with van der Waals surface area (Å²) >= 11 is 0. The SMILES string of the molecule is CCn1c2ccc(S(=O)(=O)O)cc2c(=O)c2cc3c(cc21)c(=O)c1cc(S(=O)(=O)O)ccc1n3CCCCCC(=O)ON1C(=O)CCC1=O. The van der Waals surface area contributed by atoms with E-state index in [-0.39, 0.29) is 47.4 Å². The van der Waals surface area contributed by atoms with Crippen molar-refractivity contribution in [1.82, 2.24) is 14.2 Å². The predicted molar refractivity (Wildman–Crippen MR) is 176 cm³/mol. The molecule has 3 heterocycles. The molecule has 5 aromatic rings. The first-order valence-electron chi connectivity index (χ1n) is 15.2. The minimum atomic E-state index is -4.66. The summed E-state index contributed by atoms with van der Waals surface area (Å²) in [5, 5.41) is 0.803. The highest BCUT2D eigenvalue weighted by Crippen LogP contribution is 2.29. The normalized spacial score (nSPS) is 14.1. The second-order valence-electron chi connectivity index (χ2n) is 11.6. The van der Waals surface area contributed by atoms with Gasteiger partial charge in [-0.3, -0.25) is 28.3 Å². The molecule has 0 bridgehead atoms. The number of hydrogen-bond donors (Lipinski definition) is 2. The molecule has 2 N–H and O–H groups in total. The van der Waals surface area contributed by atoms with Gasteiger partial charge in [0, 0.05) is 53.9 Å². The molecule has 1 aliphatic rings. The molecule has 3 aromatic carbocycles. The molecule has 17 heteroatoms. The van der Waals surface area contributed by atoms with E-state index in [2.05, 4.69) is 0 Å². The lowest BCUT2D eigenvalue weighted by Crippen LogP contribution is -2.31. The summed E-state index contributed by atoms with van der Waals surface area (Å²) in [6, 6.07) is 10.3. The van der Waals surface area contributed by atoms with Crippen LogP contribution in [0.4, 0.5) is 0 Å². The molecule has 6 rings (SSSR count). The summed E-state index contributed by atoms with van der Waals surface area (Å²) in [6.45, 7) is 2.32. The van der Waals surface area contributed by atoms with Crippen molar-refractivity contribution in [2.45, 2.75) is 68.3 Å². The summed E-state index contributed by atoms with van der Waals surface area (Å²) < 4.78 is 70.4. The fraction of sp³-hybridized carbons (Fsp3) is 0.281. The number of unbranched alkanes of at least 4 members (excludes halogenated alkanes) is 2. The van der Waals surface area contributed by atoms with Crippen molar-refractivity contribution in [3.8, 4) is 0 Å². The van der Waals surface area contributed by atoms with Crippen LogP contribution in [-0.4, -0.2) is 57.9 Å². The average molecular weight is 712 g/mol. The molecule has 2 amide bonds. The van der Waals surface area contributed by atoms with E-state index >= 15 is 0 Å². The Labute approximate surface area is 277 Å². The fourth-order valence-electron chi connectivity index (χ4n) is 6.23. The van der Waals surface area contributed by atoms with E-state index < -0.39 is 58.7 Å². The van der Waals surface area contributed by atoms with E-state index in [1.54, 1.807) is 16.1 Å². The Morgan fingerprint density at radius 1 is 0.673 bits per heavy atom. The fourth-order valence-corrected chi connectivity index (χ4v) is 7.24. The van der Waals surface area contributed by atoms with Gasteiger partial charge in [-0.1, -0.05) is 6.42 Å². The van der Waals surface area contributed by atoms with Gasteiger partial charge in [0.05, 0.1) is 31.9 Å². The molecule has 15 nitrogen and oxygen atoms in total. The molecule has 0 atom stereocenters. The first kappa shape index (κ1) is 33.9. The number of imide groups is 1. The molecule has 0 radical (unpaired) electrons. The average Bonchev–Trinajstić information content (AvgIpc) is 3.36. The number of pyridine rings is 2. The van der Waals surface area contributed by atoms with Crippen molar-refractivity contribution in [2.75, 3.05) is 0 Å². The Balaban J connectivity index is 1.45. The molecule has 0 spiro atoms. The molecule has 0 saturated carbocycles. The third-order valence-corrected chi connectivity index (χ3v) is 10.3. The Morgan fingerprint density at radius 2 is 1.14 bits per heavy atom. The number of carbonyl (C=O) groups excluding carboxylic acids is 3. The van der Waals surface area contributed by atoms with Crippen LogP contribution in [0, 0.1) is 0 Å². The predicted octanol–water partition coefficient (Wildman–Crippen LogP) is 3.30. The summed E-state index contributed by atoms with van der Waals surface area (Å²) in [7, 11) is -9.27. The van der Waals surface area contributed by atoms with Gasteiger partial charge in [0.15, 0.2) is 10.9 Å². The maximum Gasteiger partial charge on any atom is 0.333 e. The lowest BCUT2D eigenvalue weighted by atomic mass is 10.0. The second-order valence-corrected chi connectivity index (χ2v) is 14.4. The molecular formula is C32H29N3O12S2. The van der Waals surface area contributed by atoms with Crippen molar-refractivity contribution in [2.24, 2.45) is 0 Å². The first-order valence-corrected chi connectivity index (χ1v) is 18.1. The number of hydrogen-bond acceptors (Lipinski definition) is 10. The van der Waals surface area contributed by atoms with Crippen LogP contribution in [0.5, 0.6) is 0 Å². The van der Waals surface area contributed by atoms with Gasteiger partial charge < -0.3 is 14.0 Å². The molecular weight excluding hydrogens is 682 g/mol. The van der Waals surface area contributed by atoms with Gasteiger partial charge in [-0.2, -0.15) is 16.8 Å². The van der Waals surface area contributed by atoms with Gasteiger partial charge in [0.25, 0.3) is 32.1 Å². The molecule has 1 fully saturated rings. The number of nitrogens with zero attached hydrogens (tertiary/aromatic N) is 3. The van der Waals surface area contributed by atoms with Gasteiger partial charge >= 0.3 is 5.97 Å². The highest BCUT2D eigenvalue weighted by Gasteiger charge is 2.32. The quantitative estimate of drug-likeness (QED) is 0.0923. The Bertz CT molecular complexity index is 2590. The third kappa shape index (κ3) is 6.21. The minimum Gasteiger partial charge on any atom is -0.341 e. The second kappa shape index (κ2) is 12.5. The van der Waals surface area contributed by atoms with Crippen LogP contribution < -0.4 is 10.9 Å². The molecule has 1 saturated heterocycles.